The molecule has 1 N–H and O–H groups in total. The zero-order chi connectivity index (χ0) is 20.1. The fourth-order valence-electron chi connectivity index (χ4n) is 5.07. The van der Waals surface area contributed by atoms with E-state index in [1.54, 1.807) is 0 Å². The van der Waals surface area contributed by atoms with Gasteiger partial charge in [0.25, 0.3) is 5.88 Å². The number of Topliss-reactive ketones (excluding diaryl/α,β-unsaturated/α-hetero) is 2. The molecule has 1 aromatic heterocycles. The summed E-state index contributed by atoms with van der Waals surface area (Å²) >= 11 is 0. The number of aliphatic hydroxyl groups is 1. The van der Waals surface area contributed by atoms with E-state index < -0.39 is 5.92 Å². The molecule has 3 aliphatic rings. The van der Waals surface area contributed by atoms with Crippen LogP contribution >= 0.6 is 0 Å². The number of fused-ring (bicyclic) bond motifs is 4. The van der Waals surface area contributed by atoms with Crippen molar-refractivity contribution in [3.05, 3.63) is 52.3 Å². The van der Waals surface area contributed by atoms with E-state index in [-0.39, 0.29) is 35.0 Å². The van der Waals surface area contributed by atoms with Gasteiger partial charge in [0.05, 0.1) is 12.5 Å². The number of aromatic nitrogens is 1. The Bertz CT molecular complexity index is 1030. The van der Waals surface area contributed by atoms with Gasteiger partial charge in [-0.1, -0.05) is 37.6 Å². The van der Waals surface area contributed by atoms with Crippen molar-refractivity contribution in [1.82, 2.24) is 5.16 Å². The lowest BCUT2D eigenvalue weighted by Crippen LogP contribution is -2.45. The molecule has 150 valence electrons. The van der Waals surface area contributed by atoms with Crippen LogP contribution in [0.1, 0.15) is 53.4 Å². The normalized spacial score (nSPS) is 25.2. The van der Waals surface area contributed by atoms with E-state index in [1.807, 2.05) is 24.3 Å². The second kappa shape index (κ2) is 6.87. The van der Waals surface area contributed by atoms with Gasteiger partial charge in [0.2, 0.25) is 0 Å². The summed E-state index contributed by atoms with van der Waals surface area (Å²) < 4.78 is 11.1. The van der Waals surface area contributed by atoms with Crippen molar-refractivity contribution in [3.63, 3.8) is 0 Å². The first-order valence-corrected chi connectivity index (χ1v) is 10.3. The summed E-state index contributed by atoms with van der Waals surface area (Å²) in [6.07, 6.45) is 3.68. The van der Waals surface area contributed by atoms with Crippen LogP contribution in [-0.4, -0.2) is 28.4 Å². The van der Waals surface area contributed by atoms with E-state index in [2.05, 4.69) is 12.1 Å². The largest absolute Gasteiger partial charge is 0.507 e. The minimum atomic E-state index is -0.797. The number of benzene rings is 1. The van der Waals surface area contributed by atoms with Crippen molar-refractivity contribution in [2.75, 3.05) is 6.61 Å². The van der Waals surface area contributed by atoms with Gasteiger partial charge in [0.1, 0.15) is 11.3 Å². The van der Waals surface area contributed by atoms with Crippen LogP contribution in [0.15, 0.2) is 34.4 Å². The number of carbonyl (C=O) groups excluding carboxylic acids is 2. The molecular weight excluding hydrogens is 370 g/mol. The van der Waals surface area contributed by atoms with E-state index >= 15 is 0 Å². The molecule has 1 heterocycles. The second-order valence-corrected chi connectivity index (χ2v) is 8.21. The van der Waals surface area contributed by atoms with Crippen molar-refractivity contribution in [3.8, 4) is 5.88 Å². The molecule has 5 rings (SSSR count). The number of carbonyl (C=O) groups is 2. The topological polar surface area (TPSA) is 89.6 Å². The number of hydrogen-bond acceptors (Lipinski definition) is 6. The van der Waals surface area contributed by atoms with Crippen LogP contribution in [-0.2, 0) is 17.6 Å². The maximum Gasteiger partial charge on any atom is 0.265 e. The van der Waals surface area contributed by atoms with E-state index in [0.717, 1.165) is 18.4 Å². The van der Waals surface area contributed by atoms with Gasteiger partial charge in [0, 0.05) is 17.6 Å². The molecule has 0 saturated heterocycles. The standard InChI is InChI=1S/C23H23NO5/c1-2-3-8-28-23-19-16(29-24-23)11-14-10-13-9-12-6-4-5-7-15(12)20(25)17(13)21(26)18(14)22(19)27/h4-7,13-14,18,25H,2-3,8-11H2,1H3. The monoisotopic (exact) mass is 393 g/mol. The molecule has 0 bridgehead atoms. The van der Waals surface area contributed by atoms with Crippen molar-refractivity contribution in [2.24, 2.45) is 17.8 Å². The second-order valence-electron chi connectivity index (χ2n) is 8.21. The molecule has 6 heteroatoms. The summed E-state index contributed by atoms with van der Waals surface area (Å²) in [6.45, 7) is 2.51. The quantitative estimate of drug-likeness (QED) is 0.625. The molecule has 0 amide bonds. The Morgan fingerprint density at radius 3 is 2.86 bits per heavy atom. The van der Waals surface area contributed by atoms with Gasteiger partial charge in [-0.2, -0.15) is 0 Å². The lowest BCUT2D eigenvalue weighted by Gasteiger charge is -2.40. The van der Waals surface area contributed by atoms with Crippen LogP contribution in [0.3, 0.4) is 0 Å². The number of nitrogens with zero attached hydrogens (tertiary/aromatic N) is 1. The highest BCUT2D eigenvalue weighted by Gasteiger charge is 2.51. The number of ether oxygens (including phenoxy) is 1. The number of ketones is 2. The Morgan fingerprint density at radius 2 is 2.03 bits per heavy atom. The Hall–Kier alpha value is -2.89. The van der Waals surface area contributed by atoms with Crippen LogP contribution in [0.2, 0.25) is 0 Å². The fourth-order valence-corrected chi connectivity index (χ4v) is 5.07. The number of aliphatic hydroxyl groups excluding tert-OH is 1. The summed E-state index contributed by atoms with van der Waals surface area (Å²) in [5.41, 5.74) is 2.46. The molecular formula is C23H23NO5. The van der Waals surface area contributed by atoms with Gasteiger partial charge in [-0.05, 0) is 41.8 Å². The summed E-state index contributed by atoms with van der Waals surface area (Å²) in [5.74, 6) is -0.802. The minimum absolute atomic E-state index is 0.0311. The average molecular weight is 393 g/mol. The smallest absolute Gasteiger partial charge is 0.265 e. The van der Waals surface area contributed by atoms with Gasteiger partial charge < -0.3 is 14.4 Å². The molecule has 0 radical (unpaired) electrons. The van der Waals surface area contributed by atoms with Crippen LogP contribution < -0.4 is 4.74 Å². The highest BCUT2D eigenvalue weighted by Crippen LogP contribution is 2.48. The SMILES string of the molecule is CCCCOc1noc2c1C(=O)C1C(=O)C3=C(O)c4ccccc4CC3CC1C2. The third-order valence-electron chi connectivity index (χ3n) is 6.45. The molecule has 1 fully saturated rings. The summed E-state index contributed by atoms with van der Waals surface area (Å²) in [7, 11) is 0. The lowest BCUT2D eigenvalue weighted by atomic mass is 9.61. The van der Waals surface area contributed by atoms with Crippen LogP contribution in [0.25, 0.3) is 5.76 Å². The highest BCUT2D eigenvalue weighted by atomic mass is 16.5. The Morgan fingerprint density at radius 1 is 1.21 bits per heavy atom. The summed E-state index contributed by atoms with van der Waals surface area (Å²) in [5, 5.41) is 14.8. The number of unbranched alkanes of at least 4 members (excludes halogenated alkanes) is 1. The van der Waals surface area contributed by atoms with Gasteiger partial charge in [-0.15, -0.1) is 0 Å². The summed E-state index contributed by atoms with van der Waals surface area (Å²) in [4.78, 5) is 26.7. The van der Waals surface area contributed by atoms with Gasteiger partial charge in [-0.25, -0.2) is 0 Å². The molecule has 6 nitrogen and oxygen atoms in total. The molecule has 1 saturated carbocycles. The fraction of sp³-hybridized carbons (Fsp3) is 0.435. The van der Waals surface area contributed by atoms with Crippen LogP contribution in [0.5, 0.6) is 5.88 Å². The third-order valence-corrected chi connectivity index (χ3v) is 6.45. The molecule has 1 aromatic carbocycles. The molecule has 0 spiro atoms. The van der Waals surface area contributed by atoms with Gasteiger partial charge in [-0.3, -0.25) is 9.59 Å². The Labute approximate surface area is 168 Å². The predicted octanol–water partition coefficient (Wildman–Crippen LogP) is 3.94. The third kappa shape index (κ3) is 2.73. The Kier molecular flexibility index (Phi) is 4.30. The van der Waals surface area contributed by atoms with Gasteiger partial charge >= 0.3 is 0 Å². The lowest BCUT2D eigenvalue weighted by molar-refractivity contribution is -0.121. The first-order chi connectivity index (χ1) is 14.1. The van der Waals surface area contributed by atoms with Crippen molar-refractivity contribution >= 4 is 17.3 Å². The van der Waals surface area contributed by atoms with E-state index in [0.29, 0.717) is 48.3 Å². The van der Waals surface area contributed by atoms with Crippen molar-refractivity contribution in [1.29, 1.82) is 0 Å². The average Bonchev–Trinajstić information content (AvgIpc) is 3.11. The maximum absolute atomic E-state index is 13.4. The zero-order valence-electron chi connectivity index (χ0n) is 16.3. The minimum Gasteiger partial charge on any atom is -0.507 e. The Balaban J connectivity index is 1.51. The first kappa shape index (κ1) is 18.2. The number of rotatable bonds is 4. The zero-order valence-corrected chi connectivity index (χ0v) is 16.3. The van der Waals surface area contributed by atoms with E-state index in [9.17, 15) is 14.7 Å². The van der Waals surface area contributed by atoms with Crippen molar-refractivity contribution < 1.29 is 24.0 Å². The first-order valence-electron chi connectivity index (χ1n) is 10.3. The molecule has 0 aliphatic heterocycles. The maximum atomic E-state index is 13.4. The molecule has 2 aromatic rings. The predicted molar refractivity (Wildman–Crippen MR) is 105 cm³/mol. The summed E-state index contributed by atoms with van der Waals surface area (Å²) in [6, 6.07) is 7.60. The number of allylic oxidation sites excluding steroid dienone is 1. The van der Waals surface area contributed by atoms with Crippen LogP contribution in [0.4, 0.5) is 0 Å². The molecule has 29 heavy (non-hydrogen) atoms. The van der Waals surface area contributed by atoms with Gasteiger partial charge in [0.15, 0.2) is 17.3 Å². The highest BCUT2D eigenvalue weighted by molar-refractivity contribution is 6.20. The van der Waals surface area contributed by atoms with Crippen LogP contribution in [0, 0.1) is 17.8 Å². The number of hydrogen-bond donors (Lipinski definition) is 1. The molecule has 3 unspecified atom stereocenters. The molecule has 3 atom stereocenters. The van der Waals surface area contributed by atoms with E-state index in [1.165, 1.54) is 0 Å². The molecule has 3 aliphatic carbocycles. The van der Waals surface area contributed by atoms with E-state index in [4.69, 9.17) is 9.26 Å². The van der Waals surface area contributed by atoms with Crippen molar-refractivity contribution in [2.45, 2.75) is 39.0 Å².